The maximum absolute atomic E-state index is 12.1. The number of hydrogen-bond acceptors (Lipinski definition) is 3. The summed E-state index contributed by atoms with van der Waals surface area (Å²) < 4.78 is 12.1. The molecular weight excluding hydrogens is 233 g/mol. The Labute approximate surface area is 106 Å². The Kier molecular flexibility index (Phi) is 4.64. The summed E-state index contributed by atoms with van der Waals surface area (Å²) in [5.74, 6) is 0.0354. The topological polar surface area (TPSA) is 36.4 Å². The highest BCUT2D eigenvalue weighted by Gasteiger charge is 2.21. The second-order valence-corrected chi connectivity index (χ2v) is 4.42. The van der Waals surface area contributed by atoms with Crippen molar-refractivity contribution < 1.29 is 9.18 Å². The number of alkyl halides is 1. The summed E-state index contributed by atoms with van der Waals surface area (Å²) in [5.41, 5.74) is 0.634. The summed E-state index contributed by atoms with van der Waals surface area (Å²) in [6.07, 6.45) is 3.83. The Morgan fingerprint density at radius 2 is 2.11 bits per heavy atom. The number of rotatable bonds is 4. The lowest BCUT2D eigenvalue weighted by molar-refractivity contribution is 0.0633. The number of aromatic nitrogens is 1. The van der Waals surface area contributed by atoms with E-state index in [0.29, 0.717) is 25.1 Å². The predicted octanol–water partition coefficient (Wildman–Crippen LogP) is 1.20. The first-order valence-electron chi connectivity index (χ1n) is 6.29. The molecule has 0 saturated carbocycles. The minimum atomic E-state index is -0.269. The quantitative estimate of drug-likeness (QED) is 0.806. The molecule has 98 valence electrons. The van der Waals surface area contributed by atoms with Crippen LogP contribution < -0.4 is 0 Å². The number of pyridine rings is 1. The van der Waals surface area contributed by atoms with E-state index in [1.807, 2.05) is 4.90 Å². The average molecular weight is 251 g/mol. The number of amides is 1. The van der Waals surface area contributed by atoms with Crippen molar-refractivity contribution in [2.24, 2.45) is 0 Å². The van der Waals surface area contributed by atoms with Crippen LogP contribution in [0.5, 0.6) is 0 Å². The van der Waals surface area contributed by atoms with Gasteiger partial charge in [0.15, 0.2) is 0 Å². The third-order valence-corrected chi connectivity index (χ3v) is 3.18. The zero-order valence-electron chi connectivity index (χ0n) is 10.4. The van der Waals surface area contributed by atoms with Gasteiger partial charge in [-0.05, 0) is 18.6 Å². The molecule has 0 aromatic carbocycles. The molecule has 1 aromatic rings. The molecule has 5 heteroatoms. The highest BCUT2D eigenvalue weighted by atomic mass is 19.1. The molecule has 0 bridgehead atoms. The van der Waals surface area contributed by atoms with Gasteiger partial charge in [0.1, 0.15) is 0 Å². The summed E-state index contributed by atoms with van der Waals surface area (Å²) in [7, 11) is 0. The van der Waals surface area contributed by atoms with Gasteiger partial charge in [0, 0.05) is 45.1 Å². The first-order valence-corrected chi connectivity index (χ1v) is 6.29. The minimum absolute atomic E-state index is 0.0354. The molecule has 0 unspecified atom stereocenters. The number of piperazine rings is 1. The maximum Gasteiger partial charge on any atom is 0.255 e. The van der Waals surface area contributed by atoms with Crippen molar-refractivity contribution in [3.8, 4) is 0 Å². The van der Waals surface area contributed by atoms with Crippen LogP contribution in [0, 0.1) is 0 Å². The molecule has 2 heterocycles. The lowest BCUT2D eigenvalue weighted by Gasteiger charge is -2.34. The Balaban J connectivity index is 1.84. The van der Waals surface area contributed by atoms with Crippen LogP contribution in [-0.4, -0.2) is 60.1 Å². The van der Waals surface area contributed by atoms with E-state index in [9.17, 15) is 9.18 Å². The monoisotopic (exact) mass is 251 g/mol. The Hall–Kier alpha value is -1.49. The second-order valence-electron chi connectivity index (χ2n) is 4.42. The molecule has 1 aliphatic rings. The van der Waals surface area contributed by atoms with Gasteiger partial charge >= 0.3 is 0 Å². The van der Waals surface area contributed by atoms with Crippen LogP contribution in [0.1, 0.15) is 16.8 Å². The Morgan fingerprint density at radius 1 is 1.33 bits per heavy atom. The van der Waals surface area contributed by atoms with Gasteiger partial charge in [-0.3, -0.25) is 19.1 Å². The minimum Gasteiger partial charge on any atom is -0.336 e. The number of halogens is 1. The van der Waals surface area contributed by atoms with Crippen LogP contribution in [0.25, 0.3) is 0 Å². The van der Waals surface area contributed by atoms with Crippen molar-refractivity contribution in [3.05, 3.63) is 30.1 Å². The molecule has 1 fully saturated rings. The van der Waals surface area contributed by atoms with E-state index >= 15 is 0 Å². The zero-order chi connectivity index (χ0) is 12.8. The summed E-state index contributed by atoms with van der Waals surface area (Å²) >= 11 is 0. The summed E-state index contributed by atoms with van der Waals surface area (Å²) in [6, 6.07) is 3.55. The van der Waals surface area contributed by atoms with Crippen molar-refractivity contribution in [2.75, 3.05) is 39.4 Å². The molecule has 1 amide bonds. The largest absolute Gasteiger partial charge is 0.336 e. The molecule has 0 aliphatic carbocycles. The van der Waals surface area contributed by atoms with Crippen molar-refractivity contribution in [1.82, 2.24) is 14.8 Å². The Morgan fingerprint density at radius 3 is 2.72 bits per heavy atom. The van der Waals surface area contributed by atoms with Gasteiger partial charge in [-0.15, -0.1) is 0 Å². The summed E-state index contributed by atoms with van der Waals surface area (Å²) in [6.45, 7) is 3.58. The zero-order valence-corrected chi connectivity index (χ0v) is 10.4. The normalized spacial score (nSPS) is 16.8. The second kappa shape index (κ2) is 6.44. The molecule has 0 radical (unpaired) electrons. The van der Waals surface area contributed by atoms with E-state index < -0.39 is 0 Å². The third-order valence-electron chi connectivity index (χ3n) is 3.18. The molecule has 1 aromatic heterocycles. The molecule has 1 saturated heterocycles. The lowest BCUT2D eigenvalue weighted by atomic mass is 10.2. The van der Waals surface area contributed by atoms with Crippen LogP contribution in [0.4, 0.5) is 4.39 Å². The van der Waals surface area contributed by atoms with Crippen LogP contribution in [0.15, 0.2) is 24.5 Å². The van der Waals surface area contributed by atoms with Crippen LogP contribution >= 0.6 is 0 Å². The van der Waals surface area contributed by atoms with Gasteiger partial charge < -0.3 is 4.90 Å². The van der Waals surface area contributed by atoms with Gasteiger partial charge in [0.25, 0.3) is 5.91 Å². The van der Waals surface area contributed by atoms with E-state index in [1.165, 1.54) is 0 Å². The fourth-order valence-electron chi connectivity index (χ4n) is 2.13. The standard InChI is InChI=1S/C13H18FN3O/c14-4-2-6-16-7-9-17(10-8-16)13(18)12-3-1-5-15-11-12/h1,3,5,11H,2,4,6-10H2. The van der Waals surface area contributed by atoms with E-state index in [1.54, 1.807) is 24.5 Å². The first kappa shape index (κ1) is 13.0. The van der Waals surface area contributed by atoms with Gasteiger partial charge in [-0.2, -0.15) is 0 Å². The first-order chi connectivity index (χ1) is 8.81. The highest BCUT2D eigenvalue weighted by molar-refractivity contribution is 5.93. The summed E-state index contributed by atoms with van der Waals surface area (Å²) in [4.78, 5) is 20.1. The maximum atomic E-state index is 12.1. The molecule has 0 spiro atoms. The van der Waals surface area contributed by atoms with Crippen molar-refractivity contribution in [3.63, 3.8) is 0 Å². The molecule has 0 N–H and O–H groups in total. The van der Waals surface area contributed by atoms with Crippen molar-refractivity contribution >= 4 is 5.91 Å². The van der Waals surface area contributed by atoms with E-state index in [4.69, 9.17) is 0 Å². The Bertz CT molecular complexity index is 377. The lowest BCUT2D eigenvalue weighted by Crippen LogP contribution is -2.48. The predicted molar refractivity (Wildman–Crippen MR) is 67.2 cm³/mol. The van der Waals surface area contributed by atoms with Gasteiger partial charge in [-0.1, -0.05) is 0 Å². The average Bonchev–Trinajstić information content (AvgIpc) is 2.46. The van der Waals surface area contributed by atoms with Crippen molar-refractivity contribution in [2.45, 2.75) is 6.42 Å². The third kappa shape index (κ3) is 3.26. The highest BCUT2D eigenvalue weighted by Crippen LogP contribution is 2.08. The fourth-order valence-corrected chi connectivity index (χ4v) is 2.13. The molecule has 18 heavy (non-hydrogen) atoms. The number of nitrogens with zero attached hydrogens (tertiary/aromatic N) is 3. The molecular formula is C13H18FN3O. The van der Waals surface area contributed by atoms with Gasteiger partial charge in [0.05, 0.1) is 12.2 Å². The van der Waals surface area contributed by atoms with Crippen molar-refractivity contribution in [1.29, 1.82) is 0 Å². The van der Waals surface area contributed by atoms with E-state index in [-0.39, 0.29) is 12.6 Å². The number of hydrogen-bond donors (Lipinski definition) is 0. The number of carbonyl (C=O) groups is 1. The molecule has 4 nitrogen and oxygen atoms in total. The van der Waals surface area contributed by atoms with Crippen LogP contribution in [0.2, 0.25) is 0 Å². The SMILES string of the molecule is O=C(c1cccnc1)N1CCN(CCCF)CC1. The molecule has 2 rings (SSSR count). The van der Waals surface area contributed by atoms with Gasteiger partial charge in [0.2, 0.25) is 0 Å². The van der Waals surface area contributed by atoms with E-state index in [0.717, 1.165) is 19.6 Å². The van der Waals surface area contributed by atoms with Crippen LogP contribution in [-0.2, 0) is 0 Å². The fraction of sp³-hybridized carbons (Fsp3) is 0.538. The number of carbonyl (C=O) groups excluding carboxylic acids is 1. The molecule has 0 atom stereocenters. The summed E-state index contributed by atoms with van der Waals surface area (Å²) in [5, 5.41) is 0. The molecule has 1 aliphatic heterocycles. The van der Waals surface area contributed by atoms with Gasteiger partial charge in [-0.25, -0.2) is 0 Å². The van der Waals surface area contributed by atoms with E-state index in [2.05, 4.69) is 9.88 Å². The smallest absolute Gasteiger partial charge is 0.255 e. The van der Waals surface area contributed by atoms with Crippen LogP contribution in [0.3, 0.4) is 0 Å².